The van der Waals surface area contributed by atoms with Crippen LogP contribution in [0.2, 0.25) is 0 Å². The number of nitrogens with zero attached hydrogens (tertiary/aromatic N) is 4. The number of aromatic nitrogens is 2. The molecule has 2 heterocycles. The third-order valence-corrected chi connectivity index (χ3v) is 5.44. The number of amides is 2. The van der Waals surface area contributed by atoms with Crippen molar-refractivity contribution in [3.05, 3.63) is 23.8 Å². The molecule has 1 aromatic heterocycles. The van der Waals surface area contributed by atoms with Crippen LogP contribution >= 0.6 is 0 Å². The lowest BCUT2D eigenvalue weighted by molar-refractivity contribution is -0.133. The Kier molecular flexibility index (Phi) is 5.89. The van der Waals surface area contributed by atoms with E-state index in [1.807, 2.05) is 9.80 Å². The Balaban J connectivity index is 1.81. The smallest absolute Gasteiger partial charge is 0.257 e. The monoisotopic (exact) mass is 358 g/mol. The van der Waals surface area contributed by atoms with Gasteiger partial charge in [0.15, 0.2) is 0 Å². The molecule has 0 spiro atoms. The summed E-state index contributed by atoms with van der Waals surface area (Å²) in [6.07, 6.45) is 7.66. The average Bonchev–Trinajstić information content (AvgIpc) is 3.45. The van der Waals surface area contributed by atoms with Crippen molar-refractivity contribution in [1.29, 1.82) is 0 Å². The summed E-state index contributed by atoms with van der Waals surface area (Å²) in [6.45, 7) is 8.27. The van der Waals surface area contributed by atoms with Crippen LogP contribution in [0.3, 0.4) is 0 Å². The predicted octanol–water partition coefficient (Wildman–Crippen LogP) is 2.54. The topological polar surface area (TPSA) is 66.4 Å². The summed E-state index contributed by atoms with van der Waals surface area (Å²) in [4.78, 5) is 38.2. The predicted molar refractivity (Wildman–Crippen MR) is 99.6 cm³/mol. The van der Waals surface area contributed by atoms with Crippen LogP contribution in [0.1, 0.15) is 62.5 Å². The highest BCUT2D eigenvalue weighted by molar-refractivity contribution is 5.95. The summed E-state index contributed by atoms with van der Waals surface area (Å²) in [7, 11) is 0. The van der Waals surface area contributed by atoms with Crippen LogP contribution in [0.25, 0.3) is 0 Å². The highest BCUT2D eigenvalue weighted by atomic mass is 16.2. The van der Waals surface area contributed by atoms with Crippen molar-refractivity contribution in [3.8, 4) is 0 Å². The molecule has 142 valence electrons. The summed E-state index contributed by atoms with van der Waals surface area (Å²) in [5, 5.41) is 0. The summed E-state index contributed by atoms with van der Waals surface area (Å²) in [5.41, 5.74) is 1.39. The first-order chi connectivity index (χ1) is 12.5. The van der Waals surface area contributed by atoms with Crippen LogP contribution in [0.5, 0.6) is 0 Å². The van der Waals surface area contributed by atoms with Crippen molar-refractivity contribution in [3.63, 3.8) is 0 Å². The summed E-state index contributed by atoms with van der Waals surface area (Å²) >= 11 is 0. The number of hydrogen-bond donors (Lipinski definition) is 0. The van der Waals surface area contributed by atoms with Crippen molar-refractivity contribution in [2.75, 3.05) is 19.6 Å². The van der Waals surface area contributed by atoms with Crippen molar-refractivity contribution in [1.82, 2.24) is 19.8 Å². The van der Waals surface area contributed by atoms with Gasteiger partial charge in [-0.2, -0.15) is 0 Å². The standard InChI is InChI=1S/C20H30N4O2/c1-4-5-17-16(10-21-13-22-17)20(26)23-9-8-19(25)24(11-15-6-7-15)18(12-23)14(2)3/h10,13-15,18H,4-9,11-12H2,1-3H3/t18-/m0/s1. The van der Waals surface area contributed by atoms with Crippen LogP contribution in [-0.4, -0.2) is 57.3 Å². The van der Waals surface area contributed by atoms with Gasteiger partial charge in [-0.05, 0) is 31.1 Å². The largest absolute Gasteiger partial charge is 0.337 e. The van der Waals surface area contributed by atoms with E-state index in [0.717, 1.165) is 25.1 Å². The Morgan fingerprint density at radius 2 is 2.12 bits per heavy atom. The first kappa shape index (κ1) is 18.8. The molecular formula is C20H30N4O2. The third-order valence-electron chi connectivity index (χ3n) is 5.44. The lowest BCUT2D eigenvalue weighted by Crippen LogP contribution is -2.48. The van der Waals surface area contributed by atoms with E-state index < -0.39 is 0 Å². The van der Waals surface area contributed by atoms with E-state index in [2.05, 4.69) is 30.7 Å². The first-order valence-electron chi connectivity index (χ1n) is 9.88. The second-order valence-corrected chi connectivity index (χ2v) is 7.94. The molecule has 6 nitrogen and oxygen atoms in total. The Labute approximate surface area is 156 Å². The average molecular weight is 358 g/mol. The fourth-order valence-electron chi connectivity index (χ4n) is 3.69. The van der Waals surface area contributed by atoms with Crippen LogP contribution in [0.15, 0.2) is 12.5 Å². The fraction of sp³-hybridized carbons (Fsp3) is 0.700. The maximum absolute atomic E-state index is 13.2. The molecule has 1 aliphatic carbocycles. The van der Waals surface area contributed by atoms with E-state index in [0.29, 0.717) is 36.9 Å². The van der Waals surface area contributed by atoms with Gasteiger partial charge in [0.05, 0.1) is 17.3 Å². The summed E-state index contributed by atoms with van der Waals surface area (Å²) in [5.74, 6) is 1.11. The van der Waals surface area contributed by atoms with Crippen LogP contribution < -0.4 is 0 Å². The zero-order valence-corrected chi connectivity index (χ0v) is 16.1. The molecule has 0 N–H and O–H groups in total. The van der Waals surface area contributed by atoms with Gasteiger partial charge in [-0.1, -0.05) is 27.2 Å². The SMILES string of the molecule is CCCc1ncncc1C(=O)N1CCC(=O)N(CC2CC2)[C@H](C(C)C)C1. The second-order valence-electron chi connectivity index (χ2n) is 7.94. The molecule has 0 bridgehead atoms. The highest BCUT2D eigenvalue weighted by Crippen LogP contribution is 2.32. The van der Waals surface area contributed by atoms with Gasteiger partial charge in [0.25, 0.3) is 5.91 Å². The Bertz CT molecular complexity index is 657. The molecule has 1 saturated carbocycles. The molecule has 2 aliphatic rings. The lowest BCUT2D eigenvalue weighted by atomic mass is 10.0. The molecule has 3 rings (SSSR count). The van der Waals surface area contributed by atoms with Crippen molar-refractivity contribution < 1.29 is 9.59 Å². The van der Waals surface area contributed by atoms with Crippen LogP contribution in [0, 0.1) is 11.8 Å². The van der Waals surface area contributed by atoms with Gasteiger partial charge in [0, 0.05) is 32.3 Å². The number of aryl methyl sites for hydroxylation is 1. The van der Waals surface area contributed by atoms with Crippen LogP contribution in [-0.2, 0) is 11.2 Å². The fourth-order valence-corrected chi connectivity index (χ4v) is 3.69. The molecule has 1 atom stereocenters. The van der Waals surface area contributed by atoms with E-state index in [1.54, 1.807) is 6.20 Å². The van der Waals surface area contributed by atoms with Gasteiger partial charge < -0.3 is 9.80 Å². The van der Waals surface area contributed by atoms with Gasteiger partial charge in [0.1, 0.15) is 6.33 Å². The van der Waals surface area contributed by atoms with E-state index in [4.69, 9.17) is 0 Å². The summed E-state index contributed by atoms with van der Waals surface area (Å²) < 4.78 is 0. The van der Waals surface area contributed by atoms with Crippen molar-refractivity contribution >= 4 is 11.8 Å². The lowest BCUT2D eigenvalue weighted by Gasteiger charge is -2.35. The molecule has 2 amide bonds. The Morgan fingerprint density at radius 1 is 1.35 bits per heavy atom. The normalized spacial score (nSPS) is 21.2. The molecule has 0 aromatic carbocycles. The molecule has 2 fully saturated rings. The van der Waals surface area contributed by atoms with Crippen molar-refractivity contribution in [2.24, 2.45) is 11.8 Å². The molecule has 1 saturated heterocycles. The molecule has 6 heteroatoms. The third kappa shape index (κ3) is 4.22. The Morgan fingerprint density at radius 3 is 2.77 bits per heavy atom. The van der Waals surface area contributed by atoms with E-state index in [1.165, 1.54) is 19.2 Å². The maximum atomic E-state index is 13.2. The quantitative estimate of drug-likeness (QED) is 0.784. The number of carbonyl (C=O) groups is 2. The number of rotatable bonds is 6. The van der Waals surface area contributed by atoms with Crippen molar-refractivity contribution in [2.45, 2.75) is 58.9 Å². The van der Waals surface area contributed by atoms with Gasteiger partial charge in [-0.3, -0.25) is 9.59 Å². The van der Waals surface area contributed by atoms with Crippen LogP contribution in [0.4, 0.5) is 0 Å². The maximum Gasteiger partial charge on any atom is 0.257 e. The molecule has 0 radical (unpaired) electrons. The number of hydrogen-bond acceptors (Lipinski definition) is 4. The minimum Gasteiger partial charge on any atom is -0.337 e. The minimum absolute atomic E-state index is 0.0410. The van der Waals surface area contributed by atoms with Gasteiger partial charge in [0.2, 0.25) is 5.91 Å². The van der Waals surface area contributed by atoms with Gasteiger partial charge in [-0.25, -0.2) is 9.97 Å². The zero-order valence-electron chi connectivity index (χ0n) is 16.1. The molecule has 1 aromatic rings. The second kappa shape index (κ2) is 8.14. The molecule has 0 unspecified atom stereocenters. The highest BCUT2D eigenvalue weighted by Gasteiger charge is 2.37. The molecular weight excluding hydrogens is 328 g/mol. The number of carbonyl (C=O) groups excluding carboxylic acids is 2. The first-order valence-corrected chi connectivity index (χ1v) is 9.88. The van der Waals surface area contributed by atoms with E-state index >= 15 is 0 Å². The van der Waals surface area contributed by atoms with Gasteiger partial charge >= 0.3 is 0 Å². The Hall–Kier alpha value is -1.98. The molecule has 1 aliphatic heterocycles. The van der Waals surface area contributed by atoms with E-state index in [9.17, 15) is 9.59 Å². The molecule has 26 heavy (non-hydrogen) atoms. The zero-order chi connectivity index (χ0) is 18.7. The summed E-state index contributed by atoms with van der Waals surface area (Å²) in [6, 6.07) is 0.0776. The van der Waals surface area contributed by atoms with Gasteiger partial charge in [-0.15, -0.1) is 0 Å². The van der Waals surface area contributed by atoms with E-state index in [-0.39, 0.29) is 17.9 Å². The minimum atomic E-state index is -0.0410.